The second-order valence-corrected chi connectivity index (χ2v) is 4.59. The molecule has 0 aliphatic carbocycles. The summed E-state index contributed by atoms with van der Waals surface area (Å²) in [6.07, 6.45) is 2.90. The lowest BCUT2D eigenvalue weighted by Gasteiger charge is -2.12. The third-order valence-electron chi connectivity index (χ3n) is 3.00. The summed E-state index contributed by atoms with van der Waals surface area (Å²) in [5, 5.41) is 8.95. The Balaban J connectivity index is 2.48. The average molecular weight is 272 g/mol. The molecule has 0 aromatic heterocycles. The van der Waals surface area contributed by atoms with Crippen LogP contribution in [0.5, 0.6) is 5.75 Å². The molecule has 0 unspecified atom stereocenters. The van der Waals surface area contributed by atoms with Gasteiger partial charge in [-0.15, -0.1) is 0 Å². The third kappa shape index (κ3) is 5.55. The molecule has 0 spiro atoms. The van der Waals surface area contributed by atoms with Crippen LogP contribution in [0.3, 0.4) is 0 Å². The summed E-state index contributed by atoms with van der Waals surface area (Å²) in [6, 6.07) is 4.43. The molecule has 0 saturated heterocycles. The predicted octanol–water partition coefficient (Wildman–Crippen LogP) is 4.47. The molecule has 108 valence electrons. The van der Waals surface area contributed by atoms with Crippen molar-refractivity contribution in [2.45, 2.75) is 52.1 Å². The van der Waals surface area contributed by atoms with E-state index in [2.05, 4.69) is 6.92 Å². The largest absolute Gasteiger partial charge is 0.493 e. The van der Waals surface area contributed by atoms with E-state index in [0.29, 0.717) is 12.2 Å². The smallest absolute Gasteiger partial charge is 0.267 e. The number of hydrogen-bond donors (Lipinski definition) is 1. The van der Waals surface area contributed by atoms with E-state index in [-0.39, 0.29) is 17.9 Å². The first-order chi connectivity index (χ1) is 9.19. The fourth-order valence-electron chi connectivity index (χ4n) is 1.89. The van der Waals surface area contributed by atoms with E-state index in [1.54, 1.807) is 6.07 Å². The summed E-state index contributed by atoms with van der Waals surface area (Å²) in [5.74, 6) is 0.225. The molecular weight excluding hydrogens is 250 g/mol. The molecular formula is C15H22F2O2. The van der Waals surface area contributed by atoms with Crippen LogP contribution in [-0.4, -0.2) is 11.7 Å². The number of unbranched alkanes of at least 4 members (excludes halogenated alkanes) is 4. The Morgan fingerprint density at radius 3 is 2.53 bits per heavy atom. The summed E-state index contributed by atoms with van der Waals surface area (Å²) in [5.41, 5.74) is 0.339. The van der Waals surface area contributed by atoms with Gasteiger partial charge < -0.3 is 9.84 Å². The Kier molecular flexibility index (Phi) is 7.41. The Hall–Kier alpha value is -1.16. The second kappa shape index (κ2) is 8.86. The molecule has 19 heavy (non-hydrogen) atoms. The van der Waals surface area contributed by atoms with Gasteiger partial charge in [0.1, 0.15) is 5.75 Å². The standard InChI is InChI=1S/C15H22F2O2/c1-2-3-4-5-6-9-19-14-8-7-12(11-18)10-13(14)15(16)17/h7-8,10,15,18H,2-6,9,11H2,1H3. The molecule has 0 aliphatic rings. The maximum atomic E-state index is 12.9. The highest BCUT2D eigenvalue weighted by atomic mass is 19.3. The minimum absolute atomic E-state index is 0.139. The molecule has 2 nitrogen and oxygen atoms in total. The van der Waals surface area contributed by atoms with Gasteiger partial charge in [0, 0.05) is 0 Å². The normalized spacial score (nSPS) is 11.0. The fraction of sp³-hybridized carbons (Fsp3) is 0.600. The van der Waals surface area contributed by atoms with Crippen molar-refractivity contribution in [1.29, 1.82) is 0 Å². The fourth-order valence-corrected chi connectivity index (χ4v) is 1.89. The molecule has 0 saturated carbocycles. The van der Waals surface area contributed by atoms with Gasteiger partial charge in [-0.25, -0.2) is 8.78 Å². The lowest BCUT2D eigenvalue weighted by atomic mass is 10.1. The van der Waals surface area contributed by atoms with E-state index in [4.69, 9.17) is 9.84 Å². The van der Waals surface area contributed by atoms with Crippen LogP contribution in [0.1, 0.15) is 56.6 Å². The molecule has 0 bridgehead atoms. The zero-order valence-corrected chi connectivity index (χ0v) is 11.4. The minimum Gasteiger partial charge on any atom is -0.493 e. The zero-order valence-electron chi connectivity index (χ0n) is 11.4. The first-order valence-corrected chi connectivity index (χ1v) is 6.83. The van der Waals surface area contributed by atoms with Gasteiger partial charge in [-0.05, 0) is 24.1 Å². The van der Waals surface area contributed by atoms with Crippen LogP contribution in [0.25, 0.3) is 0 Å². The first kappa shape index (κ1) is 15.9. The van der Waals surface area contributed by atoms with Crippen molar-refractivity contribution >= 4 is 0 Å². The molecule has 1 rings (SSSR count). The van der Waals surface area contributed by atoms with Crippen LogP contribution in [0.4, 0.5) is 8.78 Å². The van der Waals surface area contributed by atoms with Gasteiger partial charge in [0.15, 0.2) is 0 Å². The van der Waals surface area contributed by atoms with Crippen LogP contribution in [-0.2, 0) is 6.61 Å². The summed E-state index contributed by atoms with van der Waals surface area (Å²) in [4.78, 5) is 0. The monoisotopic (exact) mass is 272 g/mol. The van der Waals surface area contributed by atoms with Crippen LogP contribution in [0, 0.1) is 0 Å². The summed E-state index contributed by atoms with van der Waals surface area (Å²) in [6.45, 7) is 2.37. The van der Waals surface area contributed by atoms with Crippen molar-refractivity contribution in [1.82, 2.24) is 0 Å². The minimum atomic E-state index is -2.58. The van der Waals surface area contributed by atoms with Gasteiger partial charge in [-0.2, -0.15) is 0 Å². The van der Waals surface area contributed by atoms with Crippen LogP contribution in [0.15, 0.2) is 18.2 Å². The topological polar surface area (TPSA) is 29.5 Å². The number of benzene rings is 1. The van der Waals surface area contributed by atoms with Crippen molar-refractivity contribution < 1.29 is 18.6 Å². The van der Waals surface area contributed by atoms with Crippen molar-refractivity contribution in [2.24, 2.45) is 0 Å². The van der Waals surface area contributed by atoms with Crippen molar-refractivity contribution in [3.05, 3.63) is 29.3 Å². The van der Waals surface area contributed by atoms with Gasteiger partial charge in [-0.3, -0.25) is 0 Å². The second-order valence-electron chi connectivity index (χ2n) is 4.59. The molecule has 0 atom stereocenters. The molecule has 1 aromatic carbocycles. The molecule has 0 fully saturated rings. The molecule has 0 heterocycles. The van der Waals surface area contributed by atoms with Crippen LogP contribution >= 0.6 is 0 Å². The quantitative estimate of drug-likeness (QED) is 0.672. The van der Waals surface area contributed by atoms with E-state index in [1.165, 1.54) is 25.0 Å². The van der Waals surface area contributed by atoms with Gasteiger partial charge in [-0.1, -0.05) is 38.7 Å². The van der Waals surface area contributed by atoms with E-state index in [1.807, 2.05) is 0 Å². The van der Waals surface area contributed by atoms with Gasteiger partial charge in [0.05, 0.1) is 18.8 Å². The summed E-state index contributed by atoms with van der Waals surface area (Å²) in [7, 11) is 0. The number of halogens is 2. The lowest BCUT2D eigenvalue weighted by Crippen LogP contribution is -2.01. The average Bonchev–Trinajstić information content (AvgIpc) is 2.42. The Morgan fingerprint density at radius 1 is 1.16 bits per heavy atom. The van der Waals surface area contributed by atoms with E-state index < -0.39 is 6.43 Å². The highest BCUT2D eigenvalue weighted by Gasteiger charge is 2.14. The highest BCUT2D eigenvalue weighted by molar-refractivity contribution is 5.38. The molecule has 1 N–H and O–H groups in total. The Labute approximate surface area is 113 Å². The van der Waals surface area contributed by atoms with Crippen LogP contribution < -0.4 is 4.74 Å². The van der Waals surface area contributed by atoms with Gasteiger partial charge >= 0.3 is 0 Å². The van der Waals surface area contributed by atoms with Crippen molar-refractivity contribution in [2.75, 3.05) is 6.61 Å². The van der Waals surface area contributed by atoms with E-state index >= 15 is 0 Å². The third-order valence-corrected chi connectivity index (χ3v) is 3.00. The summed E-state index contributed by atoms with van der Waals surface area (Å²) < 4.78 is 31.1. The molecule has 1 aromatic rings. The molecule has 4 heteroatoms. The van der Waals surface area contributed by atoms with Crippen molar-refractivity contribution in [3.63, 3.8) is 0 Å². The maximum absolute atomic E-state index is 12.9. The molecule has 0 aliphatic heterocycles. The molecule has 0 amide bonds. The van der Waals surface area contributed by atoms with Gasteiger partial charge in [0.25, 0.3) is 6.43 Å². The number of aliphatic hydroxyl groups is 1. The van der Waals surface area contributed by atoms with Crippen molar-refractivity contribution in [3.8, 4) is 5.75 Å². The maximum Gasteiger partial charge on any atom is 0.267 e. The number of alkyl halides is 2. The lowest BCUT2D eigenvalue weighted by molar-refractivity contribution is 0.144. The zero-order chi connectivity index (χ0) is 14.1. The Bertz CT molecular complexity index is 367. The van der Waals surface area contributed by atoms with Gasteiger partial charge in [0.2, 0.25) is 0 Å². The SMILES string of the molecule is CCCCCCCOc1ccc(CO)cc1C(F)F. The number of aliphatic hydroxyl groups excluding tert-OH is 1. The first-order valence-electron chi connectivity index (χ1n) is 6.83. The predicted molar refractivity (Wildman–Crippen MR) is 71.6 cm³/mol. The summed E-state index contributed by atoms with van der Waals surface area (Å²) >= 11 is 0. The van der Waals surface area contributed by atoms with E-state index in [9.17, 15) is 8.78 Å². The highest BCUT2D eigenvalue weighted by Crippen LogP contribution is 2.30. The Morgan fingerprint density at radius 2 is 1.89 bits per heavy atom. The van der Waals surface area contributed by atoms with E-state index in [0.717, 1.165) is 19.3 Å². The molecule has 0 radical (unpaired) electrons. The number of ether oxygens (including phenoxy) is 1. The van der Waals surface area contributed by atoms with Crippen LogP contribution in [0.2, 0.25) is 0 Å². The number of rotatable bonds is 9. The number of hydrogen-bond acceptors (Lipinski definition) is 2.